The molecule has 0 atom stereocenters. The van der Waals surface area contributed by atoms with Gasteiger partial charge in [-0.05, 0) is 0 Å². The first-order valence-electron chi connectivity index (χ1n) is 2.04. The summed E-state index contributed by atoms with van der Waals surface area (Å²) in [5.74, 6) is 0. The lowest BCUT2D eigenvalue weighted by Crippen LogP contribution is -2.27. The molecule has 0 heterocycles. The molecule has 74 valence electrons. The molecule has 0 saturated carbocycles. The van der Waals surface area contributed by atoms with E-state index in [9.17, 15) is 8.42 Å². The van der Waals surface area contributed by atoms with Crippen LogP contribution in [0.1, 0.15) is 0 Å². The average molecular weight is 317 g/mol. The first-order valence-corrected chi connectivity index (χ1v) is 5.72. The molecule has 3 nitrogen and oxygen atoms in total. The van der Waals surface area contributed by atoms with Crippen LogP contribution >= 0.6 is 69.6 Å². The Morgan fingerprint density at radius 2 is 1.25 bits per heavy atom. The van der Waals surface area contributed by atoms with Crippen molar-refractivity contribution in [1.82, 2.24) is 0 Å². The molecule has 0 aromatic heterocycles. The summed E-state index contributed by atoms with van der Waals surface area (Å²) in [6, 6.07) is 0. The van der Waals surface area contributed by atoms with Crippen LogP contribution < -0.4 is 0 Å². The largest absolute Gasteiger partial charge is 0.320 e. The third-order valence-corrected chi connectivity index (χ3v) is 3.73. The highest BCUT2D eigenvalue weighted by molar-refractivity contribution is 7.93. The third kappa shape index (κ3) is 4.77. The lowest BCUT2D eigenvalue weighted by Gasteiger charge is -2.16. The lowest BCUT2D eigenvalue weighted by molar-refractivity contribution is 0.321. The molecule has 12 heavy (non-hydrogen) atoms. The van der Waals surface area contributed by atoms with Gasteiger partial charge in [0.2, 0.25) is 0 Å². The van der Waals surface area contributed by atoms with Crippen LogP contribution in [-0.2, 0) is 14.3 Å². The molecule has 0 unspecified atom stereocenters. The molecule has 0 bridgehead atoms. The fourth-order valence-electron chi connectivity index (χ4n) is 0.172. The van der Waals surface area contributed by atoms with Crippen LogP contribution in [0.15, 0.2) is 0 Å². The summed E-state index contributed by atoms with van der Waals surface area (Å²) in [4.78, 5) is 0. The van der Waals surface area contributed by atoms with Gasteiger partial charge in [-0.25, -0.2) is 4.18 Å². The monoisotopic (exact) mass is 314 g/mol. The Kier molecular flexibility index (Phi) is 4.58. The molecule has 0 spiro atoms. The van der Waals surface area contributed by atoms with Gasteiger partial charge in [0, 0.05) is 0 Å². The summed E-state index contributed by atoms with van der Waals surface area (Å²) >= 11 is 29.9. The minimum absolute atomic E-state index is 2.48. The molecule has 0 aromatic carbocycles. The second-order valence-electron chi connectivity index (χ2n) is 1.43. The Morgan fingerprint density at radius 1 is 0.917 bits per heavy atom. The van der Waals surface area contributed by atoms with Gasteiger partial charge in [-0.2, -0.15) is 8.42 Å². The minimum atomic E-state index is -4.55. The molecule has 0 radical (unpaired) electrons. The van der Waals surface area contributed by atoms with E-state index >= 15 is 0 Å². The zero-order chi connectivity index (χ0) is 10.2. The van der Waals surface area contributed by atoms with Crippen molar-refractivity contribution in [3.05, 3.63) is 0 Å². The smallest absolute Gasteiger partial charge is 0.212 e. The Hall–Kier alpha value is 1.65. The van der Waals surface area contributed by atoms with Gasteiger partial charge in [0.05, 0.1) is 0 Å². The van der Waals surface area contributed by atoms with E-state index in [1.165, 1.54) is 0 Å². The standard InChI is InChI=1S/C2Cl6O3S/c3-1(4,5)11-12(9,10)2(6,7)8. The summed E-state index contributed by atoms with van der Waals surface area (Å²) in [6.07, 6.45) is 0. The van der Waals surface area contributed by atoms with E-state index < -0.39 is 17.2 Å². The first kappa shape index (κ1) is 13.7. The third-order valence-electron chi connectivity index (χ3n) is 0.488. The van der Waals surface area contributed by atoms with E-state index in [1.807, 2.05) is 0 Å². The van der Waals surface area contributed by atoms with Crippen molar-refractivity contribution in [3.8, 4) is 0 Å². The highest BCUT2D eigenvalue weighted by atomic mass is 35.6. The number of hydrogen-bond acceptors (Lipinski definition) is 3. The predicted octanol–water partition coefficient (Wildman–Crippen LogP) is 2.99. The van der Waals surface area contributed by atoms with Gasteiger partial charge in [0.1, 0.15) is 0 Å². The van der Waals surface area contributed by atoms with Crippen LogP contribution in [0.2, 0.25) is 0 Å². The van der Waals surface area contributed by atoms with Crippen LogP contribution in [0.3, 0.4) is 0 Å². The molecule has 0 rings (SSSR count). The first-order chi connectivity index (χ1) is 4.96. The van der Waals surface area contributed by atoms with E-state index in [4.69, 9.17) is 69.6 Å². The Morgan fingerprint density at radius 3 is 1.33 bits per heavy atom. The van der Waals surface area contributed by atoms with Crippen LogP contribution in [0.25, 0.3) is 0 Å². The van der Waals surface area contributed by atoms with Gasteiger partial charge in [0.15, 0.2) is 0 Å². The minimum Gasteiger partial charge on any atom is -0.212 e. The zero-order valence-corrected chi connectivity index (χ0v) is 10.3. The fraction of sp³-hybridized carbons (Fsp3) is 1.00. The Labute approximate surface area is 98.9 Å². The SMILES string of the molecule is O=S(=O)(OC(Cl)(Cl)Cl)C(Cl)(Cl)Cl. The van der Waals surface area contributed by atoms with Gasteiger partial charge < -0.3 is 0 Å². The molecule has 0 N–H and O–H groups in total. The Balaban J connectivity index is 4.70. The van der Waals surface area contributed by atoms with Crippen LogP contribution in [0.5, 0.6) is 0 Å². The van der Waals surface area contributed by atoms with Crippen LogP contribution in [0, 0.1) is 0 Å². The van der Waals surface area contributed by atoms with Crippen LogP contribution in [-0.4, -0.2) is 15.5 Å². The maximum atomic E-state index is 10.8. The Bertz CT molecular complexity index is 245. The normalized spacial score (nSPS) is 14.8. The van der Waals surface area contributed by atoms with E-state index in [-0.39, 0.29) is 0 Å². The second-order valence-corrected chi connectivity index (χ2v) is 8.25. The molecule has 10 heteroatoms. The average Bonchev–Trinajstić information content (AvgIpc) is 1.52. The molecule has 0 aliphatic carbocycles. The van der Waals surface area contributed by atoms with Crippen molar-refractivity contribution in [2.24, 2.45) is 0 Å². The maximum Gasteiger partial charge on any atom is 0.320 e. The van der Waals surface area contributed by atoms with Crippen LogP contribution in [0.4, 0.5) is 0 Å². The highest BCUT2D eigenvalue weighted by Crippen LogP contribution is 2.39. The zero-order valence-electron chi connectivity index (χ0n) is 4.90. The predicted molar refractivity (Wildman–Crippen MR) is 50.6 cm³/mol. The van der Waals surface area contributed by atoms with Gasteiger partial charge in [0.25, 0.3) is 0 Å². The van der Waals surface area contributed by atoms with Crippen molar-refractivity contribution >= 4 is 79.7 Å². The summed E-state index contributed by atoms with van der Waals surface area (Å²) in [7, 11) is -4.55. The summed E-state index contributed by atoms with van der Waals surface area (Å²) in [5, 5.41) is 0. The van der Waals surface area contributed by atoms with Gasteiger partial charge in [-0.3, -0.25) is 0 Å². The quantitative estimate of drug-likeness (QED) is 0.552. The van der Waals surface area contributed by atoms with Gasteiger partial charge >= 0.3 is 17.2 Å². The van der Waals surface area contributed by atoms with Gasteiger partial charge in [-0.15, -0.1) is 0 Å². The van der Waals surface area contributed by atoms with Crippen molar-refractivity contribution in [2.45, 2.75) is 7.10 Å². The molecule has 0 aromatic rings. The van der Waals surface area contributed by atoms with Crippen molar-refractivity contribution in [1.29, 1.82) is 0 Å². The number of rotatable bonds is 1. The van der Waals surface area contributed by atoms with Gasteiger partial charge in [-0.1, -0.05) is 69.6 Å². The summed E-state index contributed by atoms with van der Waals surface area (Å²) in [6.45, 7) is 0. The fourth-order valence-corrected chi connectivity index (χ4v) is 1.54. The topological polar surface area (TPSA) is 43.4 Å². The molecule has 0 aliphatic rings. The highest BCUT2D eigenvalue weighted by Gasteiger charge is 2.44. The molecular formula is C2Cl6O3S. The van der Waals surface area contributed by atoms with Crippen molar-refractivity contribution in [3.63, 3.8) is 0 Å². The number of halogens is 6. The van der Waals surface area contributed by atoms with E-state index in [0.29, 0.717) is 0 Å². The van der Waals surface area contributed by atoms with Crippen molar-refractivity contribution < 1.29 is 12.6 Å². The maximum absolute atomic E-state index is 10.8. The summed E-state index contributed by atoms with van der Waals surface area (Å²) < 4.78 is 20.3. The molecule has 0 saturated heterocycles. The summed E-state index contributed by atoms with van der Waals surface area (Å²) in [5.41, 5.74) is 0. The van der Waals surface area contributed by atoms with Crippen molar-refractivity contribution in [2.75, 3.05) is 0 Å². The number of alkyl halides is 6. The molecule has 0 fully saturated rings. The second kappa shape index (κ2) is 4.03. The lowest BCUT2D eigenvalue weighted by atomic mass is 11.7. The van der Waals surface area contributed by atoms with E-state index in [2.05, 4.69) is 4.18 Å². The molecule has 0 amide bonds. The molecular weight excluding hydrogens is 317 g/mol. The van der Waals surface area contributed by atoms with E-state index in [0.717, 1.165) is 0 Å². The number of hydrogen-bond donors (Lipinski definition) is 0. The van der Waals surface area contributed by atoms with E-state index in [1.54, 1.807) is 0 Å². The molecule has 0 aliphatic heterocycles.